The summed E-state index contributed by atoms with van der Waals surface area (Å²) in [5, 5.41) is 0. The fourth-order valence-electron chi connectivity index (χ4n) is 2.95. The molecule has 3 aromatic rings. The molecule has 1 amide bonds. The molecule has 6 nitrogen and oxygen atoms in total. The molecule has 1 aromatic heterocycles. The molecule has 0 saturated carbocycles. The molecule has 0 aliphatic heterocycles. The highest BCUT2D eigenvalue weighted by Gasteiger charge is 2.13. The molecule has 158 valence electrons. The minimum atomic E-state index is -0.348. The predicted octanol–water partition coefficient (Wildman–Crippen LogP) is 4.05. The van der Waals surface area contributed by atoms with Crippen molar-refractivity contribution in [3.05, 3.63) is 58.4 Å². The topological polar surface area (TPSA) is 63.9 Å². The second-order valence-electron chi connectivity index (χ2n) is 6.79. The molecule has 3 rings (SSSR count). The monoisotopic (exact) mass is 443 g/mol. The molecule has 0 fully saturated rings. The van der Waals surface area contributed by atoms with Gasteiger partial charge in [-0.15, -0.1) is 0 Å². The number of aryl methyl sites for hydroxylation is 1. The van der Waals surface area contributed by atoms with Crippen LogP contribution in [0.5, 0.6) is 0 Å². The number of thiazole rings is 1. The standard InChI is InChI=1S/C22H25N3O3S2/c1-5-28-21(27)16-8-11-18-19(14-16)30-22(25(18)12-13-29-4)23-20(26)15-6-9-17(10-7-15)24(2)3/h6-11,14H,5,12-13H2,1-4H3. The molecule has 0 radical (unpaired) electrons. The van der Waals surface area contributed by atoms with Crippen LogP contribution in [0.2, 0.25) is 0 Å². The Labute approximate surface area is 184 Å². The SMILES string of the molecule is CCOC(=O)c1ccc2c(c1)sc(=NC(=O)c1ccc(N(C)C)cc1)n2CCSC. The van der Waals surface area contributed by atoms with Crippen LogP contribution in [0.4, 0.5) is 5.69 Å². The molecule has 0 atom stereocenters. The molecule has 0 aliphatic carbocycles. The van der Waals surface area contributed by atoms with Gasteiger partial charge in [0.2, 0.25) is 0 Å². The number of carbonyl (C=O) groups is 2. The number of anilines is 1. The Hall–Kier alpha value is -2.58. The number of hydrogen-bond donors (Lipinski definition) is 0. The lowest BCUT2D eigenvalue weighted by Crippen LogP contribution is -2.18. The van der Waals surface area contributed by atoms with Crippen LogP contribution in [0.3, 0.4) is 0 Å². The van der Waals surface area contributed by atoms with E-state index in [-0.39, 0.29) is 11.9 Å². The summed E-state index contributed by atoms with van der Waals surface area (Å²) in [5.41, 5.74) is 3.02. The molecule has 0 spiro atoms. The maximum atomic E-state index is 12.8. The smallest absolute Gasteiger partial charge is 0.338 e. The van der Waals surface area contributed by atoms with Gasteiger partial charge in [0, 0.05) is 37.6 Å². The Morgan fingerprint density at radius 1 is 1.13 bits per heavy atom. The molecule has 0 bridgehead atoms. The molecular weight excluding hydrogens is 418 g/mol. The number of benzene rings is 2. The Morgan fingerprint density at radius 2 is 1.83 bits per heavy atom. The van der Waals surface area contributed by atoms with Crippen LogP contribution in [0.15, 0.2) is 47.5 Å². The summed E-state index contributed by atoms with van der Waals surface area (Å²) in [6.07, 6.45) is 2.04. The molecule has 0 unspecified atom stereocenters. The van der Waals surface area contributed by atoms with Gasteiger partial charge in [0.15, 0.2) is 4.80 Å². The zero-order chi connectivity index (χ0) is 21.7. The third-order valence-corrected chi connectivity index (χ3v) is 6.17. The van der Waals surface area contributed by atoms with E-state index in [9.17, 15) is 9.59 Å². The predicted molar refractivity (Wildman–Crippen MR) is 125 cm³/mol. The average Bonchev–Trinajstić information content (AvgIpc) is 3.08. The molecule has 0 N–H and O–H groups in total. The van der Waals surface area contributed by atoms with Crippen LogP contribution in [0.25, 0.3) is 10.2 Å². The van der Waals surface area contributed by atoms with E-state index in [4.69, 9.17) is 4.74 Å². The normalized spacial score (nSPS) is 11.7. The first-order valence-electron chi connectivity index (χ1n) is 9.60. The number of rotatable bonds is 7. The number of fused-ring (bicyclic) bond motifs is 1. The van der Waals surface area contributed by atoms with Crippen molar-refractivity contribution in [2.75, 3.05) is 37.6 Å². The van der Waals surface area contributed by atoms with Crippen molar-refractivity contribution in [2.24, 2.45) is 4.99 Å². The van der Waals surface area contributed by atoms with E-state index in [0.717, 1.165) is 28.2 Å². The lowest BCUT2D eigenvalue weighted by molar-refractivity contribution is 0.0526. The van der Waals surface area contributed by atoms with Gasteiger partial charge in [-0.05, 0) is 55.6 Å². The van der Waals surface area contributed by atoms with Gasteiger partial charge in [-0.25, -0.2) is 4.79 Å². The van der Waals surface area contributed by atoms with Gasteiger partial charge in [0.1, 0.15) is 0 Å². The molecule has 1 heterocycles. The fourth-order valence-corrected chi connectivity index (χ4v) is 4.41. The van der Waals surface area contributed by atoms with Gasteiger partial charge in [0.05, 0.1) is 22.4 Å². The van der Waals surface area contributed by atoms with Crippen LogP contribution in [0, 0.1) is 0 Å². The number of carbonyl (C=O) groups excluding carboxylic acids is 2. The Bertz CT molecular complexity index is 1110. The first kappa shape index (κ1) is 22.1. The Kier molecular flexibility index (Phi) is 7.33. The fraction of sp³-hybridized carbons (Fsp3) is 0.318. The Balaban J connectivity index is 2.03. The first-order chi connectivity index (χ1) is 14.4. The number of esters is 1. The van der Waals surface area contributed by atoms with Crippen LogP contribution in [0.1, 0.15) is 27.6 Å². The number of thioether (sulfide) groups is 1. The highest BCUT2D eigenvalue weighted by atomic mass is 32.2. The van der Waals surface area contributed by atoms with Crippen molar-refractivity contribution in [1.29, 1.82) is 0 Å². The second kappa shape index (κ2) is 9.95. The second-order valence-corrected chi connectivity index (χ2v) is 8.79. The third kappa shape index (κ3) is 4.94. The van der Waals surface area contributed by atoms with E-state index >= 15 is 0 Å². The summed E-state index contributed by atoms with van der Waals surface area (Å²) < 4.78 is 8.04. The third-order valence-electron chi connectivity index (χ3n) is 4.54. The zero-order valence-corrected chi connectivity index (χ0v) is 19.2. The maximum Gasteiger partial charge on any atom is 0.338 e. The van der Waals surface area contributed by atoms with Gasteiger partial charge in [-0.3, -0.25) is 4.79 Å². The molecule has 8 heteroatoms. The van der Waals surface area contributed by atoms with Gasteiger partial charge in [-0.2, -0.15) is 16.8 Å². The molecule has 30 heavy (non-hydrogen) atoms. The van der Waals surface area contributed by atoms with Crippen LogP contribution >= 0.6 is 23.1 Å². The largest absolute Gasteiger partial charge is 0.462 e. The van der Waals surface area contributed by atoms with E-state index < -0.39 is 0 Å². The lowest BCUT2D eigenvalue weighted by atomic mass is 10.2. The van der Waals surface area contributed by atoms with E-state index in [1.54, 1.807) is 36.9 Å². The van der Waals surface area contributed by atoms with E-state index in [1.165, 1.54) is 11.3 Å². The summed E-state index contributed by atoms with van der Waals surface area (Å²) in [7, 11) is 3.91. The minimum absolute atomic E-state index is 0.282. The van der Waals surface area contributed by atoms with Crippen molar-refractivity contribution in [1.82, 2.24) is 4.57 Å². The highest BCUT2D eigenvalue weighted by molar-refractivity contribution is 7.98. The zero-order valence-electron chi connectivity index (χ0n) is 17.5. The van der Waals surface area contributed by atoms with E-state index in [2.05, 4.69) is 4.99 Å². The van der Waals surface area contributed by atoms with Crippen LogP contribution in [-0.4, -0.2) is 49.2 Å². The van der Waals surface area contributed by atoms with Crippen molar-refractivity contribution in [3.8, 4) is 0 Å². The Morgan fingerprint density at radius 3 is 2.47 bits per heavy atom. The number of hydrogen-bond acceptors (Lipinski definition) is 6. The quantitative estimate of drug-likeness (QED) is 0.516. The maximum absolute atomic E-state index is 12.8. The van der Waals surface area contributed by atoms with E-state index in [1.807, 2.05) is 54.1 Å². The number of aromatic nitrogens is 1. The van der Waals surface area contributed by atoms with Crippen molar-refractivity contribution in [3.63, 3.8) is 0 Å². The van der Waals surface area contributed by atoms with Gasteiger partial charge < -0.3 is 14.2 Å². The summed E-state index contributed by atoms with van der Waals surface area (Å²) in [6.45, 7) is 2.84. The number of nitrogens with zero attached hydrogens (tertiary/aromatic N) is 3. The molecule has 2 aromatic carbocycles. The average molecular weight is 444 g/mol. The first-order valence-corrected chi connectivity index (χ1v) is 11.8. The van der Waals surface area contributed by atoms with Crippen molar-refractivity contribution < 1.29 is 14.3 Å². The highest BCUT2D eigenvalue weighted by Crippen LogP contribution is 2.21. The summed E-state index contributed by atoms with van der Waals surface area (Å²) >= 11 is 3.13. The molecule has 0 saturated heterocycles. The minimum Gasteiger partial charge on any atom is -0.462 e. The molecule has 0 aliphatic rings. The van der Waals surface area contributed by atoms with Crippen molar-refractivity contribution in [2.45, 2.75) is 13.5 Å². The summed E-state index contributed by atoms with van der Waals surface area (Å²) in [5.74, 6) is 0.263. The van der Waals surface area contributed by atoms with Crippen LogP contribution in [-0.2, 0) is 11.3 Å². The van der Waals surface area contributed by atoms with E-state index in [0.29, 0.717) is 22.5 Å². The van der Waals surface area contributed by atoms with Gasteiger partial charge >= 0.3 is 5.97 Å². The number of ether oxygens (including phenoxy) is 1. The van der Waals surface area contributed by atoms with Crippen molar-refractivity contribution >= 4 is 50.9 Å². The summed E-state index contributed by atoms with van der Waals surface area (Å²) in [6, 6.07) is 12.9. The van der Waals surface area contributed by atoms with Gasteiger partial charge in [-0.1, -0.05) is 11.3 Å². The lowest BCUT2D eigenvalue weighted by Gasteiger charge is -2.11. The number of amides is 1. The summed E-state index contributed by atoms with van der Waals surface area (Å²) in [4.78, 5) is 31.9. The van der Waals surface area contributed by atoms with Gasteiger partial charge in [0.25, 0.3) is 5.91 Å². The molecular formula is C22H25N3O3S2. The van der Waals surface area contributed by atoms with Crippen LogP contribution < -0.4 is 9.70 Å².